The van der Waals surface area contributed by atoms with Crippen LogP contribution in [0.25, 0.3) is 0 Å². The third-order valence-electron chi connectivity index (χ3n) is 3.58. The number of rotatable bonds is 5. The number of hydrogen-bond acceptors (Lipinski definition) is 5. The summed E-state index contributed by atoms with van der Waals surface area (Å²) in [6, 6.07) is 6.25. The maximum Gasteiger partial charge on any atom is 0.226 e. The van der Waals surface area contributed by atoms with E-state index in [1.54, 1.807) is 0 Å². The Morgan fingerprint density at radius 2 is 2.35 bits per heavy atom. The minimum atomic E-state index is 0.174. The van der Waals surface area contributed by atoms with Crippen LogP contribution in [0.5, 0.6) is 5.75 Å². The SMILES string of the molecule is CCCc1nc(COc2ccc3c(c2)CCC3N)no1. The summed E-state index contributed by atoms with van der Waals surface area (Å²) < 4.78 is 10.8. The van der Waals surface area contributed by atoms with Crippen LogP contribution in [0, 0.1) is 0 Å². The summed E-state index contributed by atoms with van der Waals surface area (Å²) in [4.78, 5) is 4.28. The average Bonchev–Trinajstić information content (AvgIpc) is 3.04. The second kappa shape index (κ2) is 5.63. The van der Waals surface area contributed by atoms with Crippen molar-refractivity contribution in [2.45, 2.75) is 45.3 Å². The molecule has 1 aliphatic carbocycles. The van der Waals surface area contributed by atoms with Crippen molar-refractivity contribution < 1.29 is 9.26 Å². The third-order valence-corrected chi connectivity index (χ3v) is 3.58. The minimum absolute atomic E-state index is 0.174. The van der Waals surface area contributed by atoms with Crippen molar-refractivity contribution in [2.24, 2.45) is 5.73 Å². The zero-order valence-corrected chi connectivity index (χ0v) is 11.6. The maximum absolute atomic E-state index is 6.02. The number of benzene rings is 1. The fourth-order valence-electron chi connectivity index (χ4n) is 2.53. The van der Waals surface area contributed by atoms with E-state index in [0.717, 1.165) is 31.4 Å². The molecule has 0 amide bonds. The van der Waals surface area contributed by atoms with Crippen LogP contribution in [0.1, 0.15) is 48.6 Å². The Bertz CT molecular complexity index is 595. The zero-order valence-electron chi connectivity index (χ0n) is 11.6. The van der Waals surface area contributed by atoms with Gasteiger partial charge in [0.2, 0.25) is 11.7 Å². The molecule has 106 valence electrons. The van der Waals surface area contributed by atoms with Crippen LogP contribution >= 0.6 is 0 Å². The molecule has 2 N–H and O–H groups in total. The Kier molecular flexibility index (Phi) is 3.69. The molecule has 5 nitrogen and oxygen atoms in total. The molecular weight excluding hydrogens is 254 g/mol. The number of nitrogens with zero attached hydrogens (tertiary/aromatic N) is 2. The summed E-state index contributed by atoms with van der Waals surface area (Å²) in [7, 11) is 0. The second-order valence-electron chi connectivity index (χ2n) is 5.15. The Labute approximate surface area is 118 Å². The van der Waals surface area contributed by atoms with Crippen molar-refractivity contribution in [3.63, 3.8) is 0 Å². The monoisotopic (exact) mass is 273 g/mol. The number of ether oxygens (including phenoxy) is 1. The third kappa shape index (κ3) is 2.67. The van der Waals surface area contributed by atoms with Crippen LogP contribution in [-0.4, -0.2) is 10.1 Å². The van der Waals surface area contributed by atoms with E-state index in [1.807, 2.05) is 6.07 Å². The molecule has 1 aromatic heterocycles. The van der Waals surface area contributed by atoms with E-state index in [1.165, 1.54) is 11.1 Å². The van der Waals surface area contributed by atoms with Crippen LogP contribution in [0.4, 0.5) is 0 Å². The molecule has 0 saturated heterocycles. The molecule has 1 heterocycles. The predicted octanol–water partition coefficient (Wildman–Crippen LogP) is 2.55. The van der Waals surface area contributed by atoms with Gasteiger partial charge in [-0.2, -0.15) is 4.98 Å². The van der Waals surface area contributed by atoms with E-state index >= 15 is 0 Å². The lowest BCUT2D eigenvalue weighted by atomic mass is 10.1. The molecule has 0 bridgehead atoms. The van der Waals surface area contributed by atoms with Crippen molar-refractivity contribution in [2.75, 3.05) is 0 Å². The van der Waals surface area contributed by atoms with Crippen LogP contribution in [0.3, 0.4) is 0 Å². The molecule has 1 aromatic carbocycles. The van der Waals surface area contributed by atoms with Crippen molar-refractivity contribution in [1.82, 2.24) is 10.1 Å². The van der Waals surface area contributed by atoms with Gasteiger partial charge in [0, 0.05) is 12.5 Å². The summed E-state index contributed by atoms with van der Waals surface area (Å²) in [6.07, 6.45) is 3.85. The number of hydrogen-bond donors (Lipinski definition) is 1. The molecule has 1 unspecified atom stereocenters. The maximum atomic E-state index is 6.02. The van der Waals surface area contributed by atoms with Gasteiger partial charge in [-0.15, -0.1) is 0 Å². The van der Waals surface area contributed by atoms with E-state index in [9.17, 15) is 0 Å². The largest absolute Gasteiger partial charge is 0.485 e. The van der Waals surface area contributed by atoms with Gasteiger partial charge >= 0.3 is 0 Å². The fourth-order valence-corrected chi connectivity index (χ4v) is 2.53. The lowest BCUT2D eigenvalue weighted by Crippen LogP contribution is -2.05. The van der Waals surface area contributed by atoms with Crippen molar-refractivity contribution >= 4 is 0 Å². The fraction of sp³-hybridized carbons (Fsp3) is 0.467. The molecule has 20 heavy (non-hydrogen) atoms. The van der Waals surface area contributed by atoms with Gasteiger partial charge in [-0.05, 0) is 42.5 Å². The standard InChI is InChI=1S/C15H19N3O2/c1-2-3-15-17-14(18-20-15)9-19-11-5-6-12-10(8-11)4-7-13(12)16/h5-6,8,13H,2-4,7,9,16H2,1H3. The molecule has 0 spiro atoms. The van der Waals surface area contributed by atoms with Crippen LogP contribution < -0.4 is 10.5 Å². The highest BCUT2D eigenvalue weighted by Gasteiger charge is 2.19. The molecule has 3 rings (SSSR count). The number of nitrogens with two attached hydrogens (primary N) is 1. The summed E-state index contributed by atoms with van der Waals surface area (Å²) >= 11 is 0. The van der Waals surface area contributed by atoms with Gasteiger partial charge in [-0.25, -0.2) is 0 Å². The summed E-state index contributed by atoms with van der Waals surface area (Å²) in [5, 5.41) is 3.90. The molecule has 0 aliphatic heterocycles. The predicted molar refractivity (Wildman–Crippen MR) is 74.3 cm³/mol. The highest BCUT2D eigenvalue weighted by Crippen LogP contribution is 2.31. The van der Waals surface area contributed by atoms with E-state index in [-0.39, 0.29) is 6.04 Å². The van der Waals surface area contributed by atoms with Crippen LogP contribution in [0.2, 0.25) is 0 Å². The van der Waals surface area contributed by atoms with Gasteiger partial charge in [0.05, 0.1) is 0 Å². The Hall–Kier alpha value is -1.88. The normalized spacial score (nSPS) is 17.2. The first-order valence-corrected chi connectivity index (χ1v) is 7.09. The molecule has 1 aliphatic rings. The molecule has 5 heteroatoms. The van der Waals surface area contributed by atoms with Gasteiger partial charge in [0.15, 0.2) is 6.61 Å². The first-order chi connectivity index (χ1) is 9.76. The van der Waals surface area contributed by atoms with E-state index in [0.29, 0.717) is 18.3 Å². The highest BCUT2D eigenvalue weighted by atomic mass is 16.5. The van der Waals surface area contributed by atoms with Crippen LogP contribution in [0.15, 0.2) is 22.7 Å². The van der Waals surface area contributed by atoms with Gasteiger partial charge in [-0.3, -0.25) is 0 Å². The smallest absolute Gasteiger partial charge is 0.226 e. The molecule has 0 fully saturated rings. The van der Waals surface area contributed by atoms with Gasteiger partial charge in [0.25, 0.3) is 0 Å². The Morgan fingerprint density at radius 3 is 3.20 bits per heavy atom. The molecule has 0 radical (unpaired) electrons. The van der Waals surface area contributed by atoms with Gasteiger partial charge < -0.3 is 15.0 Å². The quantitative estimate of drug-likeness (QED) is 0.906. The summed E-state index contributed by atoms with van der Waals surface area (Å²) in [6.45, 7) is 2.41. The van der Waals surface area contributed by atoms with Crippen molar-refractivity contribution in [1.29, 1.82) is 0 Å². The van der Waals surface area contributed by atoms with E-state index < -0.39 is 0 Å². The zero-order chi connectivity index (χ0) is 13.9. The van der Waals surface area contributed by atoms with Crippen molar-refractivity contribution in [3.05, 3.63) is 41.0 Å². The Balaban J connectivity index is 1.63. The topological polar surface area (TPSA) is 74.2 Å². The molecular formula is C15H19N3O2. The summed E-state index contributed by atoms with van der Waals surface area (Å²) in [5.41, 5.74) is 8.54. The lowest BCUT2D eigenvalue weighted by molar-refractivity contribution is 0.285. The van der Waals surface area contributed by atoms with Gasteiger partial charge in [-0.1, -0.05) is 18.1 Å². The van der Waals surface area contributed by atoms with Crippen molar-refractivity contribution in [3.8, 4) is 5.75 Å². The summed E-state index contributed by atoms with van der Waals surface area (Å²) in [5.74, 6) is 2.09. The highest BCUT2D eigenvalue weighted by molar-refractivity contribution is 5.40. The minimum Gasteiger partial charge on any atom is -0.485 e. The first-order valence-electron chi connectivity index (χ1n) is 7.09. The van der Waals surface area contributed by atoms with E-state index in [2.05, 4.69) is 29.2 Å². The Morgan fingerprint density at radius 1 is 1.45 bits per heavy atom. The average molecular weight is 273 g/mol. The lowest BCUT2D eigenvalue weighted by Gasteiger charge is -2.07. The van der Waals surface area contributed by atoms with E-state index in [4.69, 9.17) is 15.0 Å². The second-order valence-corrected chi connectivity index (χ2v) is 5.15. The first kappa shape index (κ1) is 13.1. The number of aryl methyl sites for hydroxylation is 2. The van der Waals surface area contributed by atoms with Crippen LogP contribution in [-0.2, 0) is 19.4 Å². The van der Waals surface area contributed by atoms with Gasteiger partial charge in [0.1, 0.15) is 5.75 Å². The molecule has 2 aromatic rings. The molecule has 0 saturated carbocycles. The number of aromatic nitrogens is 2. The molecule has 1 atom stereocenters. The number of fused-ring (bicyclic) bond motifs is 1.